The third-order valence-corrected chi connectivity index (χ3v) is 3.52. The number of nitrogens with two attached hydrogens (primary N) is 1. The van der Waals surface area contributed by atoms with Crippen LogP contribution in [0.3, 0.4) is 0 Å². The number of anilines is 2. The van der Waals surface area contributed by atoms with Gasteiger partial charge in [-0.2, -0.15) is 5.10 Å². The minimum Gasteiger partial charge on any atom is -0.494 e. The van der Waals surface area contributed by atoms with Gasteiger partial charge >= 0.3 is 0 Å². The summed E-state index contributed by atoms with van der Waals surface area (Å²) in [6.45, 7) is 1.89. The molecule has 3 aromatic rings. The fourth-order valence-electron chi connectivity index (χ4n) is 2.30. The first-order valence-electron chi connectivity index (χ1n) is 6.78. The van der Waals surface area contributed by atoms with Crippen LogP contribution in [0.5, 0.6) is 5.75 Å². The van der Waals surface area contributed by atoms with Gasteiger partial charge in [-0.3, -0.25) is 9.89 Å². The highest BCUT2D eigenvalue weighted by Crippen LogP contribution is 2.26. The van der Waals surface area contributed by atoms with Gasteiger partial charge in [0.2, 0.25) is 0 Å². The summed E-state index contributed by atoms with van der Waals surface area (Å²) in [5, 5.41) is 10.5. The first-order chi connectivity index (χ1) is 10.6. The van der Waals surface area contributed by atoms with Crippen molar-refractivity contribution in [1.29, 1.82) is 0 Å². The lowest BCUT2D eigenvalue weighted by Crippen LogP contribution is -2.13. The van der Waals surface area contributed by atoms with E-state index in [4.69, 9.17) is 10.5 Å². The molecule has 112 valence electrons. The molecule has 0 saturated carbocycles. The van der Waals surface area contributed by atoms with Gasteiger partial charge in [0.05, 0.1) is 7.11 Å². The Bertz CT molecular complexity index is 854. The second-order valence-electron chi connectivity index (χ2n) is 4.98. The molecular weight excluding hydrogens is 280 g/mol. The van der Waals surface area contributed by atoms with E-state index in [-0.39, 0.29) is 5.91 Å². The maximum Gasteiger partial charge on any atom is 0.276 e. The monoisotopic (exact) mass is 296 g/mol. The number of hydrogen-bond donors (Lipinski definition) is 3. The highest BCUT2D eigenvalue weighted by atomic mass is 16.5. The van der Waals surface area contributed by atoms with Crippen LogP contribution in [0.25, 0.3) is 10.9 Å². The van der Waals surface area contributed by atoms with Crippen molar-refractivity contribution in [3.63, 3.8) is 0 Å². The number of nitrogens with zero attached hydrogens (tertiary/aromatic N) is 1. The van der Waals surface area contributed by atoms with Crippen molar-refractivity contribution in [3.8, 4) is 5.75 Å². The van der Waals surface area contributed by atoms with Gasteiger partial charge in [-0.1, -0.05) is 12.1 Å². The third kappa shape index (κ3) is 2.35. The normalized spacial score (nSPS) is 10.6. The molecule has 6 nitrogen and oxygen atoms in total. The molecule has 3 rings (SSSR count). The number of aromatic nitrogens is 2. The van der Waals surface area contributed by atoms with Crippen molar-refractivity contribution in [2.75, 3.05) is 18.2 Å². The first-order valence-corrected chi connectivity index (χ1v) is 6.78. The molecule has 0 radical (unpaired) electrons. The first kappa shape index (κ1) is 13.9. The van der Waals surface area contributed by atoms with Gasteiger partial charge in [0.15, 0.2) is 5.69 Å². The summed E-state index contributed by atoms with van der Waals surface area (Å²) in [4.78, 5) is 12.4. The zero-order valence-electron chi connectivity index (χ0n) is 12.3. The summed E-state index contributed by atoms with van der Waals surface area (Å²) in [5.74, 6) is 0.357. The van der Waals surface area contributed by atoms with E-state index in [9.17, 15) is 4.79 Å². The second kappa shape index (κ2) is 5.40. The summed E-state index contributed by atoms with van der Waals surface area (Å²) in [6.07, 6.45) is 0. The predicted molar refractivity (Wildman–Crippen MR) is 86.2 cm³/mol. The van der Waals surface area contributed by atoms with Crippen LogP contribution >= 0.6 is 0 Å². The lowest BCUT2D eigenvalue weighted by Gasteiger charge is -2.06. The number of methoxy groups -OCH3 is 1. The number of aromatic amines is 1. The number of aryl methyl sites for hydroxylation is 1. The summed E-state index contributed by atoms with van der Waals surface area (Å²) in [7, 11) is 1.58. The van der Waals surface area contributed by atoms with Crippen LogP contribution in [0.4, 0.5) is 11.4 Å². The van der Waals surface area contributed by atoms with Crippen molar-refractivity contribution in [3.05, 3.63) is 47.7 Å². The fraction of sp³-hybridized carbons (Fsp3) is 0.125. The number of ether oxygens (including phenoxy) is 1. The minimum absolute atomic E-state index is 0.288. The Hall–Kier alpha value is -3.02. The standard InChI is InChI=1S/C16H16N4O2/c1-9-8-10(6-7-12(9)17)18-16(21)15-11-4-3-5-13(22-2)14(11)19-20-15/h3-8H,17H2,1-2H3,(H,18,21)(H,19,20). The molecule has 0 unspecified atom stereocenters. The molecule has 0 aliphatic rings. The number of amides is 1. The van der Waals surface area contributed by atoms with Gasteiger partial charge < -0.3 is 15.8 Å². The van der Waals surface area contributed by atoms with Crippen molar-refractivity contribution in [2.24, 2.45) is 0 Å². The molecular formula is C16H16N4O2. The van der Waals surface area contributed by atoms with E-state index in [0.717, 1.165) is 5.56 Å². The van der Waals surface area contributed by atoms with E-state index in [1.165, 1.54) is 0 Å². The maximum absolute atomic E-state index is 12.4. The molecule has 0 spiro atoms. The van der Waals surface area contributed by atoms with E-state index in [1.54, 1.807) is 19.2 Å². The number of rotatable bonds is 3. The summed E-state index contributed by atoms with van der Waals surface area (Å²) in [5.41, 5.74) is 9.07. The molecule has 22 heavy (non-hydrogen) atoms. The highest BCUT2D eigenvalue weighted by Gasteiger charge is 2.16. The Morgan fingerprint density at radius 3 is 2.86 bits per heavy atom. The number of fused-ring (bicyclic) bond motifs is 1. The molecule has 0 fully saturated rings. The van der Waals surface area contributed by atoms with E-state index >= 15 is 0 Å². The lowest BCUT2D eigenvalue weighted by molar-refractivity contribution is 0.102. The summed E-state index contributed by atoms with van der Waals surface area (Å²) >= 11 is 0. The number of carbonyl (C=O) groups is 1. The smallest absolute Gasteiger partial charge is 0.276 e. The van der Waals surface area contributed by atoms with Crippen LogP contribution in [0, 0.1) is 6.92 Å². The number of H-pyrrole nitrogens is 1. The molecule has 0 aliphatic heterocycles. The van der Waals surface area contributed by atoms with E-state index in [1.807, 2.05) is 31.2 Å². The van der Waals surface area contributed by atoms with E-state index in [2.05, 4.69) is 15.5 Å². The Morgan fingerprint density at radius 1 is 1.32 bits per heavy atom. The topological polar surface area (TPSA) is 93.0 Å². The van der Waals surface area contributed by atoms with Crippen LogP contribution < -0.4 is 15.8 Å². The zero-order chi connectivity index (χ0) is 15.7. The Labute approximate surface area is 127 Å². The summed E-state index contributed by atoms with van der Waals surface area (Å²) in [6, 6.07) is 10.8. The van der Waals surface area contributed by atoms with E-state index < -0.39 is 0 Å². The second-order valence-corrected chi connectivity index (χ2v) is 4.98. The molecule has 2 aromatic carbocycles. The van der Waals surface area contributed by atoms with Crippen molar-refractivity contribution in [1.82, 2.24) is 10.2 Å². The Morgan fingerprint density at radius 2 is 2.14 bits per heavy atom. The maximum atomic E-state index is 12.4. The molecule has 4 N–H and O–H groups in total. The molecule has 0 aliphatic carbocycles. The number of carbonyl (C=O) groups excluding carboxylic acids is 1. The number of benzene rings is 2. The number of para-hydroxylation sites is 1. The van der Waals surface area contributed by atoms with Crippen molar-refractivity contribution < 1.29 is 9.53 Å². The Balaban J connectivity index is 1.94. The largest absolute Gasteiger partial charge is 0.494 e. The van der Waals surface area contributed by atoms with Gasteiger partial charge in [-0.05, 0) is 36.8 Å². The molecule has 0 atom stereocenters. The lowest BCUT2D eigenvalue weighted by atomic mass is 10.1. The molecule has 1 amide bonds. The number of nitrogens with one attached hydrogen (secondary N) is 2. The third-order valence-electron chi connectivity index (χ3n) is 3.52. The van der Waals surface area contributed by atoms with E-state index in [0.29, 0.717) is 33.7 Å². The van der Waals surface area contributed by atoms with Crippen LogP contribution in [-0.4, -0.2) is 23.2 Å². The van der Waals surface area contributed by atoms with Gasteiger partial charge in [0.1, 0.15) is 11.3 Å². The molecule has 6 heteroatoms. The molecule has 1 aromatic heterocycles. The molecule has 0 bridgehead atoms. The van der Waals surface area contributed by atoms with Gasteiger partial charge in [0.25, 0.3) is 5.91 Å². The van der Waals surface area contributed by atoms with Crippen molar-refractivity contribution in [2.45, 2.75) is 6.92 Å². The average molecular weight is 296 g/mol. The van der Waals surface area contributed by atoms with Crippen molar-refractivity contribution >= 4 is 28.2 Å². The number of nitrogen functional groups attached to an aromatic ring is 1. The minimum atomic E-state index is -0.288. The van der Waals surface area contributed by atoms with Crippen LogP contribution in [0.2, 0.25) is 0 Å². The molecule has 0 saturated heterocycles. The van der Waals surface area contributed by atoms with Gasteiger partial charge in [-0.25, -0.2) is 0 Å². The SMILES string of the molecule is COc1cccc2c(C(=O)Nc3ccc(N)c(C)c3)n[nH]c12. The van der Waals surface area contributed by atoms with Crippen LogP contribution in [0.15, 0.2) is 36.4 Å². The zero-order valence-corrected chi connectivity index (χ0v) is 12.3. The van der Waals surface area contributed by atoms with Crippen LogP contribution in [-0.2, 0) is 0 Å². The summed E-state index contributed by atoms with van der Waals surface area (Å²) < 4.78 is 5.25. The fourth-order valence-corrected chi connectivity index (χ4v) is 2.30. The van der Waals surface area contributed by atoms with Gasteiger partial charge in [-0.15, -0.1) is 0 Å². The highest BCUT2D eigenvalue weighted by molar-refractivity contribution is 6.11. The number of hydrogen-bond acceptors (Lipinski definition) is 4. The predicted octanol–water partition coefficient (Wildman–Crippen LogP) is 2.71. The molecule has 1 heterocycles. The van der Waals surface area contributed by atoms with Crippen LogP contribution in [0.1, 0.15) is 16.1 Å². The quantitative estimate of drug-likeness (QED) is 0.648. The Kier molecular flexibility index (Phi) is 3.42. The van der Waals surface area contributed by atoms with Gasteiger partial charge in [0, 0.05) is 16.8 Å². The average Bonchev–Trinajstić information content (AvgIpc) is 2.95.